The van der Waals surface area contributed by atoms with E-state index in [9.17, 15) is 4.79 Å². The molecule has 26 heavy (non-hydrogen) atoms. The number of carbonyl (C=O) groups excluding carboxylic acids is 1. The lowest BCUT2D eigenvalue weighted by molar-refractivity contribution is -0.113. The maximum absolute atomic E-state index is 12.5. The number of pyridine rings is 1. The molecule has 0 atom stereocenters. The molecule has 0 spiro atoms. The van der Waals surface area contributed by atoms with Crippen LogP contribution in [0.5, 0.6) is 0 Å². The summed E-state index contributed by atoms with van der Waals surface area (Å²) in [6, 6.07) is 12.5. The summed E-state index contributed by atoms with van der Waals surface area (Å²) in [4.78, 5) is 18.7. The third-order valence-electron chi connectivity index (χ3n) is 4.18. The largest absolute Gasteiger partial charge is 0.401 e. The number of aromatic nitrogens is 1. The zero-order chi connectivity index (χ0) is 18.5. The molecule has 0 aliphatic carbocycles. The number of benzene rings is 1. The lowest BCUT2D eigenvalue weighted by atomic mass is 10.0. The van der Waals surface area contributed by atoms with E-state index < -0.39 is 0 Å². The van der Waals surface area contributed by atoms with Gasteiger partial charge in [0.15, 0.2) is 0 Å². The molecule has 1 amide bonds. The van der Waals surface area contributed by atoms with Crippen LogP contribution in [0.25, 0.3) is 0 Å². The quantitative estimate of drug-likeness (QED) is 0.810. The Morgan fingerprint density at radius 3 is 2.92 bits per heavy atom. The van der Waals surface area contributed by atoms with E-state index in [0.717, 1.165) is 12.1 Å². The van der Waals surface area contributed by atoms with E-state index in [0.29, 0.717) is 47.2 Å². The van der Waals surface area contributed by atoms with Crippen molar-refractivity contribution in [1.82, 2.24) is 9.88 Å². The molecule has 2 aromatic rings. The number of hydrogen-bond acceptors (Lipinski definition) is 5. The molecule has 1 aromatic heterocycles. The van der Waals surface area contributed by atoms with Gasteiger partial charge in [-0.3, -0.25) is 9.69 Å². The molecule has 1 aliphatic heterocycles. The number of carbonyl (C=O) groups is 1. The Hall–Kier alpha value is -2.88. The van der Waals surface area contributed by atoms with Crippen LogP contribution in [0.2, 0.25) is 5.15 Å². The van der Waals surface area contributed by atoms with Gasteiger partial charge in [-0.25, -0.2) is 4.98 Å². The second kappa shape index (κ2) is 8.00. The van der Waals surface area contributed by atoms with Crippen LogP contribution in [0.4, 0.5) is 5.69 Å². The average molecular weight is 368 g/mol. The van der Waals surface area contributed by atoms with Gasteiger partial charge in [0.05, 0.1) is 11.6 Å². The second-order valence-electron chi connectivity index (χ2n) is 6.10. The minimum atomic E-state index is -0.217. The van der Waals surface area contributed by atoms with Gasteiger partial charge in [-0.05, 0) is 36.2 Å². The van der Waals surface area contributed by atoms with E-state index in [1.807, 2.05) is 6.07 Å². The predicted octanol–water partition coefficient (Wildman–Crippen LogP) is 2.66. The van der Waals surface area contributed by atoms with E-state index in [2.05, 4.69) is 21.3 Å². The van der Waals surface area contributed by atoms with Gasteiger partial charge in [-0.2, -0.15) is 5.26 Å². The number of nitrogens with one attached hydrogen (secondary N) is 1. The second-order valence-corrected chi connectivity index (χ2v) is 6.49. The maximum atomic E-state index is 12.5. The smallest absolute Gasteiger partial charge is 0.253 e. The Bertz CT molecular complexity index is 886. The van der Waals surface area contributed by atoms with Crippen molar-refractivity contribution >= 4 is 23.2 Å². The minimum absolute atomic E-state index is 0.217. The molecule has 0 unspecified atom stereocenters. The van der Waals surface area contributed by atoms with Crippen LogP contribution >= 0.6 is 11.6 Å². The first-order valence-electron chi connectivity index (χ1n) is 8.17. The van der Waals surface area contributed by atoms with Gasteiger partial charge >= 0.3 is 0 Å². The van der Waals surface area contributed by atoms with E-state index >= 15 is 0 Å². The summed E-state index contributed by atoms with van der Waals surface area (Å²) in [5, 5.41) is 12.2. The highest BCUT2D eigenvalue weighted by molar-refractivity contribution is 6.29. The Labute approximate surface area is 156 Å². The van der Waals surface area contributed by atoms with Crippen LogP contribution in [0.15, 0.2) is 53.9 Å². The van der Waals surface area contributed by atoms with Crippen molar-refractivity contribution in [2.75, 3.05) is 18.4 Å². The molecule has 0 radical (unpaired) electrons. The number of amides is 1. The minimum Gasteiger partial charge on any atom is -0.401 e. The van der Waals surface area contributed by atoms with Gasteiger partial charge in [-0.15, -0.1) is 0 Å². The first kappa shape index (κ1) is 17.9. The highest BCUT2D eigenvalue weighted by atomic mass is 35.5. The van der Waals surface area contributed by atoms with Gasteiger partial charge in [0.25, 0.3) is 5.91 Å². The SMILES string of the molecule is N#Cc1cccc(NC(=O)C2=C(N)CN(Cc3ccc(Cl)nc3)CC2)c1. The zero-order valence-electron chi connectivity index (χ0n) is 14.1. The number of nitrogens with two attached hydrogens (primary N) is 1. The fourth-order valence-electron chi connectivity index (χ4n) is 2.87. The summed E-state index contributed by atoms with van der Waals surface area (Å²) in [7, 11) is 0. The summed E-state index contributed by atoms with van der Waals surface area (Å²) in [6.45, 7) is 1.94. The van der Waals surface area contributed by atoms with Crippen molar-refractivity contribution in [2.45, 2.75) is 13.0 Å². The predicted molar refractivity (Wildman–Crippen MR) is 100 cm³/mol. The Balaban J connectivity index is 1.64. The summed E-state index contributed by atoms with van der Waals surface area (Å²) >= 11 is 5.80. The Morgan fingerprint density at radius 2 is 2.23 bits per heavy atom. The van der Waals surface area contributed by atoms with Crippen molar-refractivity contribution in [2.24, 2.45) is 5.73 Å². The maximum Gasteiger partial charge on any atom is 0.253 e. The third kappa shape index (κ3) is 4.39. The molecule has 0 saturated heterocycles. The normalized spacial score (nSPS) is 14.8. The summed E-state index contributed by atoms with van der Waals surface area (Å²) in [6.07, 6.45) is 2.31. The molecule has 2 heterocycles. The highest BCUT2D eigenvalue weighted by Gasteiger charge is 2.22. The summed E-state index contributed by atoms with van der Waals surface area (Å²) in [5.41, 5.74) is 9.43. The zero-order valence-corrected chi connectivity index (χ0v) is 14.8. The van der Waals surface area contributed by atoms with E-state index in [1.165, 1.54) is 0 Å². The Morgan fingerprint density at radius 1 is 1.38 bits per heavy atom. The molecule has 1 aliphatic rings. The van der Waals surface area contributed by atoms with Crippen LogP contribution < -0.4 is 11.1 Å². The first-order chi connectivity index (χ1) is 12.5. The number of nitrogens with zero attached hydrogens (tertiary/aromatic N) is 3. The Kier molecular flexibility index (Phi) is 5.52. The molecule has 6 nitrogen and oxygen atoms in total. The molecular weight excluding hydrogens is 350 g/mol. The van der Waals surface area contributed by atoms with Crippen molar-refractivity contribution < 1.29 is 4.79 Å². The molecule has 0 saturated carbocycles. The van der Waals surface area contributed by atoms with E-state index in [1.54, 1.807) is 36.5 Å². The number of anilines is 1. The van der Waals surface area contributed by atoms with E-state index in [4.69, 9.17) is 22.6 Å². The van der Waals surface area contributed by atoms with E-state index in [-0.39, 0.29) is 5.91 Å². The monoisotopic (exact) mass is 367 g/mol. The first-order valence-corrected chi connectivity index (χ1v) is 8.55. The standard InChI is InChI=1S/C19H18ClN5O/c20-18-5-4-14(10-23-18)11-25-7-6-16(17(22)12-25)19(26)24-15-3-1-2-13(8-15)9-21/h1-5,8,10H,6-7,11-12,22H2,(H,24,26). The summed E-state index contributed by atoms with van der Waals surface area (Å²) < 4.78 is 0. The molecule has 0 bridgehead atoms. The van der Waals surface area contributed by atoms with Crippen molar-refractivity contribution in [1.29, 1.82) is 5.26 Å². The molecule has 3 N–H and O–H groups in total. The molecular formula is C19H18ClN5O. The number of hydrogen-bond donors (Lipinski definition) is 2. The van der Waals surface area contributed by atoms with Crippen molar-refractivity contribution in [3.05, 3.63) is 70.1 Å². The molecule has 132 valence electrons. The van der Waals surface area contributed by atoms with Gasteiger partial charge < -0.3 is 11.1 Å². The number of nitriles is 1. The summed E-state index contributed by atoms with van der Waals surface area (Å²) in [5.74, 6) is -0.217. The van der Waals surface area contributed by atoms with Crippen LogP contribution in [-0.2, 0) is 11.3 Å². The number of halogens is 1. The molecule has 0 fully saturated rings. The molecule has 1 aromatic carbocycles. The van der Waals surface area contributed by atoms with Crippen LogP contribution in [-0.4, -0.2) is 28.9 Å². The topological polar surface area (TPSA) is 95.0 Å². The van der Waals surface area contributed by atoms with Gasteiger partial charge in [0.1, 0.15) is 5.15 Å². The van der Waals surface area contributed by atoms with Crippen LogP contribution in [0, 0.1) is 11.3 Å². The highest BCUT2D eigenvalue weighted by Crippen LogP contribution is 2.19. The molecule has 3 rings (SSSR count). The lowest BCUT2D eigenvalue weighted by Crippen LogP contribution is -2.36. The fraction of sp³-hybridized carbons (Fsp3) is 0.211. The van der Waals surface area contributed by atoms with Crippen molar-refractivity contribution in [3.63, 3.8) is 0 Å². The van der Waals surface area contributed by atoms with Crippen molar-refractivity contribution in [3.8, 4) is 6.07 Å². The van der Waals surface area contributed by atoms with Gasteiger partial charge in [0, 0.05) is 42.8 Å². The van der Waals surface area contributed by atoms with Crippen LogP contribution in [0.3, 0.4) is 0 Å². The lowest BCUT2D eigenvalue weighted by Gasteiger charge is -2.28. The van der Waals surface area contributed by atoms with Gasteiger partial charge in [-0.1, -0.05) is 23.7 Å². The third-order valence-corrected chi connectivity index (χ3v) is 4.40. The molecule has 7 heteroatoms. The average Bonchev–Trinajstić information content (AvgIpc) is 2.64. The number of rotatable bonds is 4. The fourth-order valence-corrected chi connectivity index (χ4v) is 2.98. The van der Waals surface area contributed by atoms with Crippen LogP contribution in [0.1, 0.15) is 17.5 Å². The van der Waals surface area contributed by atoms with Gasteiger partial charge in [0.2, 0.25) is 0 Å².